The highest BCUT2D eigenvalue weighted by atomic mass is 35.5. The van der Waals surface area contributed by atoms with Crippen LogP contribution in [0.3, 0.4) is 0 Å². The fourth-order valence-corrected chi connectivity index (χ4v) is 4.75. The third-order valence-corrected chi connectivity index (χ3v) is 6.53. The number of H-pyrrole nitrogens is 1. The Morgan fingerprint density at radius 3 is 2.80 bits per heavy atom. The van der Waals surface area contributed by atoms with E-state index in [4.69, 9.17) is 25.8 Å². The topological polar surface area (TPSA) is 117 Å². The zero-order chi connectivity index (χ0) is 24.5. The number of aliphatic hydroxyl groups excluding tert-OH is 1. The van der Waals surface area contributed by atoms with Crippen LogP contribution in [0.15, 0.2) is 42.5 Å². The highest BCUT2D eigenvalue weighted by Gasteiger charge is 2.48. The molecule has 2 fully saturated rings. The minimum absolute atomic E-state index is 0.0727. The van der Waals surface area contributed by atoms with Crippen LogP contribution >= 0.6 is 11.6 Å². The van der Waals surface area contributed by atoms with Gasteiger partial charge < -0.3 is 29.6 Å². The van der Waals surface area contributed by atoms with Crippen LogP contribution in [0.1, 0.15) is 18.1 Å². The molecule has 8 nitrogen and oxygen atoms in total. The molecule has 2 aromatic carbocycles. The molecule has 0 radical (unpaired) electrons. The second kappa shape index (κ2) is 9.72. The summed E-state index contributed by atoms with van der Waals surface area (Å²) in [7, 11) is 0. The predicted octanol–water partition coefficient (Wildman–Crippen LogP) is 3.42. The minimum atomic E-state index is -0.674. The molecule has 0 unspecified atom stereocenters. The Kier molecular flexibility index (Phi) is 6.50. The van der Waals surface area contributed by atoms with Crippen LogP contribution in [-0.4, -0.2) is 60.2 Å². The maximum Gasteiger partial charge on any atom is 0.217 e. The maximum absolute atomic E-state index is 11.0. The summed E-state index contributed by atoms with van der Waals surface area (Å²) in [5, 5.41) is 23.8. The van der Waals surface area contributed by atoms with E-state index in [1.807, 2.05) is 42.5 Å². The molecule has 1 aromatic heterocycles. The zero-order valence-corrected chi connectivity index (χ0v) is 19.7. The molecule has 0 saturated carbocycles. The maximum atomic E-state index is 11.0. The second-order valence-electron chi connectivity index (χ2n) is 8.60. The summed E-state index contributed by atoms with van der Waals surface area (Å²) in [6.07, 6.45) is 1.90. The smallest absolute Gasteiger partial charge is 0.217 e. The third-order valence-electron chi connectivity index (χ3n) is 6.22. The van der Waals surface area contributed by atoms with Crippen molar-refractivity contribution in [1.82, 2.24) is 10.3 Å². The van der Waals surface area contributed by atoms with Crippen LogP contribution in [0.5, 0.6) is 5.88 Å². The summed E-state index contributed by atoms with van der Waals surface area (Å²) in [5.74, 6) is 0.256. The number of rotatable bonds is 6. The molecule has 2 aliphatic heterocycles. The van der Waals surface area contributed by atoms with E-state index in [9.17, 15) is 15.2 Å². The molecule has 0 bridgehead atoms. The van der Waals surface area contributed by atoms with Gasteiger partial charge in [0.15, 0.2) is 6.10 Å². The number of hydrogen-bond acceptors (Lipinski definition) is 6. The van der Waals surface area contributed by atoms with Crippen LogP contribution in [0.4, 0.5) is 0 Å². The summed E-state index contributed by atoms with van der Waals surface area (Å²) >= 11 is 6.61. The van der Waals surface area contributed by atoms with Crippen molar-refractivity contribution in [3.63, 3.8) is 0 Å². The van der Waals surface area contributed by atoms with Gasteiger partial charge in [-0.3, -0.25) is 4.79 Å². The van der Waals surface area contributed by atoms with E-state index in [-0.39, 0.29) is 25.2 Å². The molecule has 2 saturated heterocycles. The number of carbonyl (C=O) groups is 1. The average Bonchev–Trinajstić information content (AvgIpc) is 3.51. The van der Waals surface area contributed by atoms with Crippen molar-refractivity contribution in [3.8, 4) is 23.1 Å². The van der Waals surface area contributed by atoms with Gasteiger partial charge in [0, 0.05) is 24.4 Å². The van der Waals surface area contributed by atoms with Gasteiger partial charge in [0.25, 0.3) is 0 Å². The number of aromatic amines is 1. The van der Waals surface area contributed by atoms with Crippen molar-refractivity contribution in [3.05, 3.63) is 58.6 Å². The number of nitrogens with zero attached hydrogens (tertiary/aromatic N) is 1. The van der Waals surface area contributed by atoms with Gasteiger partial charge in [-0.05, 0) is 23.3 Å². The molecule has 1 amide bonds. The van der Waals surface area contributed by atoms with E-state index in [1.54, 1.807) is 6.07 Å². The lowest BCUT2D eigenvalue weighted by atomic mass is 10.0. The number of fused-ring (bicyclic) bond motifs is 2. The summed E-state index contributed by atoms with van der Waals surface area (Å²) in [6, 6.07) is 13.7. The molecule has 4 atom stereocenters. The van der Waals surface area contributed by atoms with Crippen molar-refractivity contribution in [2.24, 2.45) is 0 Å². The third kappa shape index (κ3) is 4.64. The fourth-order valence-electron chi connectivity index (χ4n) is 4.48. The van der Waals surface area contributed by atoms with Gasteiger partial charge in [0.1, 0.15) is 29.9 Å². The van der Waals surface area contributed by atoms with Gasteiger partial charge in [0.05, 0.1) is 23.8 Å². The lowest BCUT2D eigenvalue weighted by Gasteiger charge is -2.16. The van der Waals surface area contributed by atoms with Crippen molar-refractivity contribution < 1.29 is 24.1 Å². The lowest BCUT2D eigenvalue weighted by Crippen LogP contribution is -2.34. The molecule has 180 valence electrons. The Labute approximate surface area is 207 Å². The first kappa shape index (κ1) is 23.4. The van der Waals surface area contributed by atoms with E-state index in [0.29, 0.717) is 33.9 Å². The van der Waals surface area contributed by atoms with Gasteiger partial charge in [-0.2, -0.15) is 5.26 Å². The Morgan fingerprint density at radius 1 is 1.29 bits per heavy atom. The molecule has 3 aromatic rings. The second-order valence-corrected chi connectivity index (χ2v) is 9.01. The minimum Gasteiger partial charge on any atom is -0.469 e. The molecule has 3 heterocycles. The first-order chi connectivity index (χ1) is 16.9. The van der Waals surface area contributed by atoms with Gasteiger partial charge in [-0.1, -0.05) is 48.0 Å². The number of halogens is 1. The van der Waals surface area contributed by atoms with Crippen molar-refractivity contribution >= 4 is 34.5 Å². The summed E-state index contributed by atoms with van der Waals surface area (Å²) in [5.41, 5.74) is 3.75. The summed E-state index contributed by atoms with van der Waals surface area (Å²) in [6.45, 7) is 2.42. The van der Waals surface area contributed by atoms with Crippen LogP contribution in [0.2, 0.25) is 5.02 Å². The zero-order valence-electron chi connectivity index (χ0n) is 19.0. The molecular formula is C26H24ClN3O5. The molecule has 3 N–H and O–H groups in total. The first-order valence-electron chi connectivity index (χ1n) is 11.3. The Balaban J connectivity index is 1.39. The van der Waals surface area contributed by atoms with E-state index >= 15 is 0 Å². The lowest BCUT2D eigenvalue weighted by molar-refractivity contribution is -0.118. The van der Waals surface area contributed by atoms with Gasteiger partial charge in [-0.25, -0.2) is 0 Å². The van der Waals surface area contributed by atoms with Crippen molar-refractivity contribution in [1.29, 1.82) is 5.26 Å². The normalized spacial score (nSPS) is 23.5. The van der Waals surface area contributed by atoms with Crippen LogP contribution in [-0.2, 0) is 14.3 Å². The number of ether oxygens (including phenoxy) is 3. The predicted molar refractivity (Wildman–Crippen MR) is 131 cm³/mol. The molecule has 9 heteroatoms. The number of aromatic nitrogens is 1. The monoisotopic (exact) mass is 493 g/mol. The van der Waals surface area contributed by atoms with E-state index < -0.39 is 18.3 Å². The SMILES string of the molecule is CC(=O)NC/C=C/c1ccc(-c2cc3c(C#N)c(O[C@@H]4CO[C@H]5[C@@H]4OC[C@H]5O)[nH]c3cc2Cl)cc1. The van der Waals surface area contributed by atoms with E-state index in [0.717, 1.165) is 16.7 Å². The quantitative estimate of drug-likeness (QED) is 0.484. The Bertz CT molecular complexity index is 1330. The summed E-state index contributed by atoms with van der Waals surface area (Å²) in [4.78, 5) is 14.1. The van der Waals surface area contributed by atoms with Gasteiger partial charge in [0.2, 0.25) is 11.8 Å². The average molecular weight is 494 g/mol. The molecule has 5 rings (SSSR count). The number of carbonyl (C=O) groups excluding carboxylic acids is 1. The standard InChI is InChI=1S/C26H24ClN3O5/c1-14(31)29-8-2-3-15-4-6-16(7-5-15)17-9-18-19(11-28)26(30-21(18)10-20(17)27)35-23-13-34-24-22(32)12-33-25(23)24/h2-7,9-10,22-25,30,32H,8,12-13H2,1H3,(H,29,31)/b3-2+/t22-,23-,24-,25-/m1/s1. The van der Waals surface area contributed by atoms with Gasteiger partial charge >= 0.3 is 0 Å². The number of benzene rings is 2. The number of aliphatic hydroxyl groups is 1. The van der Waals surface area contributed by atoms with Gasteiger partial charge in [-0.15, -0.1) is 0 Å². The number of nitrogens with one attached hydrogen (secondary N) is 2. The summed E-state index contributed by atoms with van der Waals surface area (Å²) < 4.78 is 17.3. The number of amides is 1. The molecule has 0 aliphatic carbocycles. The van der Waals surface area contributed by atoms with Crippen LogP contribution < -0.4 is 10.1 Å². The number of hydrogen-bond donors (Lipinski definition) is 3. The largest absolute Gasteiger partial charge is 0.469 e. The van der Waals surface area contributed by atoms with Crippen LogP contribution in [0.25, 0.3) is 28.1 Å². The first-order valence-corrected chi connectivity index (χ1v) is 11.7. The van der Waals surface area contributed by atoms with Crippen molar-refractivity contribution in [2.45, 2.75) is 31.3 Å². The van der Waals surface area contributed by atoms with E-state index in [1.165, 1.54) is 6.92 Å². The Hall–Kier alpha value is -3.35. The molecule has 35 heavy (non-hydrogen) atoms. The number of nitriles is 1. The van der Waals surface area contributed by atoms with E-state index in [2.05, 4.69) is 16.4 Å². The molecular weight excluding hydrogens is 470 g/mol. The van der Waals surface area contributed by atoms with Crippen LogP contribution in [0, 0.1) is 11.3 Å². The van der Waals surface area contributed by atoms with Crippen molar-refractivity contribution in [2.75, 3.05) is 19.8 Å². The fraction of sp³-hybridized carbons (Fsp3) is 0.308. The highest BCUT2D eigenvalue weighted by molar-refractivity contribution is 6.34. The Morgan fingerprint density at radius 2 is 2.06 bits per heavy atom. The molecule has 2 aliphatic rings. The molecule has 0 spiro atoms. The highest BCUT2D eigenvalue weighted by Crippen LogP contribution is 2.38.